The maximum Gasteiger partial charge on any atom is 0.335 e. The van der Waals surface area contributed by atoms with Crippen molar-refractivity contribution < 1.29 is 19.8 Å². The van der Waals surface area contributed by atoms with Gasteiger partial charge in [-0.1, -0.05) is 94.5 Å². The third kappa shape index (κ3) is 5.27. The van der Waals surface area contributed by atoms with Gasteiger partial charge in [-0.2, -0.15) is 0 Å². The Kier molecular flexibility index (Phi) is 7.61. The van der Waals surface area contributed by atoms with Crippen LogP contribution in [0.3, 0.4) is 0 Å². The summed E-state index contributed by atoms with van der Waals surface area (Å²) in [7, 11) is 2.02. The highest BCUT2D eigenvalue weighted by Gasteiger charge is 2.39. The summed E-state index contributed by atoms with van der Waals surface area (Å²) in [6.07, 6.45) is 12.6. The molecule has 5 heteroatoms. The normalized spacial score (nSPS) is 18.1. The second-order valence-corrected chi connectivity index (χ2v) is 12.2. The Labute approximate surface area is 253 Å². The molecule has 5 nitrogen and oxygen atoms in total. The van der Waals surface area contributed by atoms with Gasteiger partial charge in [0.15, 0.2) is 0 Å². The average Bonchev–Trinajstić information content (AvgIpc) is 3.29. The standard InChI is InChI=1S/C38H37NO4/c1-24-29-20-18-27(35(40)41)22-31(29)37(2,3)30(24)16-10-14-26(25-12-8-7-9-13-25)15-11-17-34-38(4,5)32-23-28(36(42)43)19-21-33(32)39(34)6/h7-23H,1-6H3,(H,40,41)(H,42,43)/b15-11+,16-10+,26-14+,34-17+. The molecule has 0 saturated carbocycles. The number of likely N-dealkylation sites (N-methyl/N-ethyl adjacent to an activating group) is 1. The van der Waals surface area contributed by atoms with E-state index in [0.29, 0.717) is 11.1 Å². The molecular formula is C38H37NO4. The first-order valence-electron chi connectivity index (χ1n) is 14.4. The first-order valence-corrected chi connectivity index (χ1v) is 14.4. The van der Waals surface area contributed by atoms with E-state index >= 15 is 0 Å². The van der Waals surface area contributed by atoms with Crippen LogP contribution in [0.4, 0.5) is 5.69 Å². The number of anilines is 1. The number of fused-ring (bicyclic) bond motifs is 2. The number of rotatable bonds is 7. The van der Waals surface area contributed by atoms with Crippen LogP contribution in [0, 0.1) is 0 Å². The highest BCUT2D eigenvalue weighted by molar-refractivity contribution is 5.91. The molecule has 1 heterocycles. The average molecular weight is 572 g/mol. The Morgan fingerprint density at radius 3 is 2.05 bits per heavy atom. The zero-order chi connectivity index (χ0) is 31.1. The number of hydrogen-bond acceptors (Lipinski definition) is 3. The van der Waals surface area contributed by atoms with Gasteiger partial charge in [0.05, 0.1) is 11.1 Å². The summed E-state index contributed by atoms with van der Waals surface area (Å²) in [5.74, 6) is -1.84. The molecule has 3 aromatic rings. The van der Waals surface area contributed by atoms with Crippen molar-refractivity contribution in [2.24, 2.45) is 0 Å². The quantitative estimate of drug-likeness (QED) is 0.278. The lowest BCUT2D eigenvalue weighted by Crippen LogP contribution is -2.22. The molecule has 2 aliphatic rings. The van der Waals surface area contributed by atoms with Crippen LogP contribution in [-0.2, 0) is 10.8 Å². The number of carboxylic acid groups (broad SMARTS) is 2. The molecule has 0 radical (unpaired) electrons. The zero-order valence-electron chi connectivity index (χ0n) is 25.5. The predicted octanol–water partition coefficient (Wildman–Crippen LogP) is 8.66. The largest absolute Gasteiger partial charge is 0.478 e. The summed E-state index contributed by atoms with van der Waals surface area (Å²) in [6, 6.07) is 20.9. The third-order valence-electron chi connectivity index (χ3n) is 8.88. The number of carbonyl (C=O) groups is 2. The number of benzene rings is 3. The minimum Gasteiger partial charge on any atom is -0.478 e. The van der Waals surface area contributed by atoms with Crippen molar-refractivity contribution in [1.82, 2.24) is 0 Å². The number of hydrogen-bond donors (Lipinski definition) is 2. The van der Waals surface area contributed by atoms with E-state index in [4.69, 9.17) is 0 Å². The first-order chi connectivity index (χ1) is 20.3. The molecule has 0 bridgehead atoms. The highest BCUT2D eigenvalue weighted by atomic mass is 16.4. The van der Waals surface area contributed by atoms with Gasteiger partial charge in [-0.3, -0.25) is 0 Å². The molecule has 0 unspecified atom stereocenters. The predicted molar refractivity (Wildman–Crippen MR) is 175 cm³/mol. The van der Waals surface area contributed by atoms with E-state index in [-0.39, 0.29) is 10.8 Å². The molecule has 5 rings (SSSR count). The van der Waals surface area contributed by atoms with E-state index in [1.165, 1.54) is 0 Å². The fraction of sp³-hybridized carbons (Fsp3) is 0.211. The van der Waals surface area contributed by atoms with E-state index < -0.39 is 11.9 Å². The molecule has 3 aromatic carbocycles. The van der Waals surface area contributed by atoms with Crippen LogP contribution in [-0.4, -0.2) is 29.2 Å². The summed E-state index contributed by atoms with van der Waals surface area (Å²) in [4.78, 5) is 25.3. The lowest BCUT2D eigenvalue weighted by Gasteiger charge is -2.23. The number of aromatic carboxylic acids is 2. The molecule has 0 spiro atoms. The van der Waals surface area contributed by atoms with Crippen molar-refractivity contribution in [3.05, 3.63) is 148 Å². The molecule has 1 aliphatic heterocycles. The van der Waals surface area contributed by atoms with Gasteiger partial charge in [-0.05, 0) is 82.3 Å². The van der Waals surface area contributed by atoms with Crippen molar-refractivity contribution in [1.29, 1.82) is 0 Å². The zero-order valence-corrected chi connectivity index (χ0v) is 25.5. The van der Waals surface area contributed by atoms with E-state index in [1.54, 1.807) is 24.3 Å². The van der Waals surface area contributed by atoms with Crippen LogP contribution in [0.25, 0.3) is 11.1 Å². The van der Waals surface area contributed by atoms with Gasteiger partial charge >= 0.3 is 11.9 Å². The number of nitrogens with zero attached hydrogens (tertiary/aromatic N) is 1. The number of allylic oxidation sites excluding steroid dienone is 10. The maximum atomic E-state index is 11.6. The molecule has 2 N–H and O–H groups in total. The molecule has 0 atom stereocenters. The summed E-state index contributed by atoms with van der Waals surface area (Å²) in [5.41, 5.74) is 9.56. The SMILES string of the molecule is CC1=C(/C=C/C=C(\C=C\C=C2\N(C)c3ccc(C(=O)O)cc3C2(C)C)c2ccccc2)C(C)(C)c2cc(C(=O)O)ccc21. The van der Waals surface area contributed by atoms with Gasteiger partial charge < -0.3 is 15.1 Å². The van der Waals surface area contributed by atoms with Gasteiger partial charge in [0, 0.05) is 29.3 Å². The van der Waals surface area contributed by atoms with Crippen LogP contribution in [0.15, 0.2) is 114 Å². The van der Waals surface area contributed by atoms with E-state index in [0.717, 1.165) is 50.4 Å². The molecule has 0 fully saturated rings. The Bertz CT molecular complexity index is 1780. The smallest absolute Gasteiger partial charge is 0.335 e. The highest BCUT2D eigenvalue weighted by Crippen LogP contribution is 2.48. The lowest BCUT2D eigenvalue weighted by molar-refractivity contribution is 0.0686. The first kappa shape index (κ1) is 29.6. The van der Waals surface area contributed by atoms with Crippen LogP contribution in [0.1, 0.15) is 77.6 Å². The Hall–Kier alpha value is -4.90. The second-order valence-electron chi connectivity index (χ2n) is 12.2. The van der Waals surface area contributed by atoms with Crippen molar-refractivity contribution in [2.45, 2.75) is 45.4 Å². The van der Waals surface area contributed by atoms with Gasteiger partial charge in [-0.25, -0.2) is 9.59 Å². The molecule has 218 valence electrons. The molecule has 1 aliphatic carbocycles. The summed E-state index contributed by atoms with van der Waals surface area (Å²) in [5, 5.41) is 19.0. The van der Waals surface area contributed by atoms with Crippen LogP contribution in [0.5, 0.6) is 0 Å². The fourth-order valence-corrected chi connectivity index (χ4v) is 6.45. The monoisotopic (exact) mass is 571 g/mol. The second kappa shape index (κ2) is 11.1. The minimum atomic E-state index is -0.926. The van der Waals surface area contributed by atoms with Crippen LogP contribution in [0.2, 0.25) is 0 Å². The summed E-state index contributed by atoms with van der Waals surface area (Å²) < 4.78 is 0. The fourth-order valence-electron chi connectivity index (χ4n) is 6.45. The Morgan fingerprint density at radius 1 is 0.767 bits per heavy atom. The molecular weight excluding hydrogens is 534 g/mol. The summed E-state index contributed by atoms with van der Waals surface area (Å²) in [6.45, 7) is 10.6. The minimum absolute atomic E-state index is 0.291. The maximum absolute atomic E-state index is 11.6. The van der Waals surface area contributed by atoms with Crippen molar-refractivity contribution in [3.63, 3.8) is 0 Å². The van der Waals surface area contributed by atoms with Gasteiger partial charge in [0.2, 0.25) is 0 Å². The summed E-state index contributed by atoms with van der Waals surface area (Å²) >= 11 is 0. The van der Waals surface area contributed by atoms with Gasteiger partial charge in [0.1, 0.15) is 0 Å². The van der Waals surface area contributed by atoms with E-state index in [2.05, 4.69) is 88.1 Å². The van der Waals surface area contributed by atoms with E-state index in [9.17, 15) is 19.8 Å². The molecule has 0 amide bonds. The van der Waals surface area contributed by atoms with Crippen molar-refractivity contribution >= 4 is 28.8 Å². The molecule has 0 saturated heterocycles. The Morgan fingerprint density at radius 2 is 1.40 bits per heavy atom. The molecule has 43 heavy (non-hydrogen) atoms. The van der Waals surface area contributed by atoms with Crippen molar-refractivity contribution in [2.75, 3.05) is 11.9 Å². The lowest BCUT2D eigenvalue weighted by atomic mass is 9.80. The van der Waals surface area contributed by atoms with Gasteiger partial charge in [-0.15, -0.1) is 0 Å². The van der Waals surface area contributed by atoms with Crippen molar-refractivity contribution in [3.8, 4) is 0 Å². The molecule has 0 aromatic heterocycles. The van der Waals surface area contributed by atoms with Crippen LogP contribution >= 0.6 is 0 Å². The van der Waals surface area contributed by atoms with E-state index in [1.807, 2.05) is 37.4 Å². The third-order valence-corrected chi connectivity index (χ3v) is 8.88. The Balaban J connectivity index is 1.47. The van der Waals surface area contributed by atoms with Crippen LogP contribution < -0.4 is 4.90 Å². The topological polar surface area (TPSA) is 77.8 Å². The number of carboxylic acids is 2. The van der Waals surface area contributed by atoms with Gasteiger partial charge in [0.25, 0.3) is 0 Å².